The van der Waals surface area contributed by atoms with Gasteiger partial charge in [0.15, 0.2) is 4.34 Å². The van der Waals surface area contributed by atoms with Crippen molar-refractivity contribution in [2.75, 3.05) is 5.75 Å². The van der Waals surface area contributed by atoms with E-state index in [1.54, 1.807) is 12.4 Å². The van der Waals surface area contributed by atoms with Crippen LogP contribution in [0, 0.1) is 0 Å². The van der Waals surface area contributed by atoms with Crippen molar-refractivity contribution in [3.63, 3.8) is 0 Å². The average molecular weight is 372 g/mol. The maximum atomic E-state index is 12.1. The molecule has 1 aromatic heterocycles. The molecule has 1 saturated heterocycles. The molecule has 2 amide bonds. The minimum absolute atomic E-state index is 0.155. The van der Waals surface area contributed by atoms with Gasteiger partial charge in [0.25, 0.3) is 5.91 Å². The number of carbonyl (C=O) groups is 3. The van der Waals surface area contributed by atoms with Gasteiger partial charge in [-0.25, -0.2) is 4.79 Å². The fourth-order valence-electron chi connectivity index (χ4n) is 2.24. The molecule has 0 bridgehead atoms. The second-order valence-corrected chi connectivity index (χ2v) is 8.36. The van der Waals surface area contributed by atoms with E-state index in [0.717, 1.165) is 0 Å². The number of nitrogens with zero attached hydrogens (tertiary/aromatic N) is 3. The molecule has 11 heteroatoms. The molecule has 2 unspecified atom stereocenters. The first kappa shape index (κ1) is 16.3. The summed E-state index contributed by atoms with van der Waals surface area (Å²) in [6, 6.07) is -0.614. The summed E-state index contributed by atoms with van der Waals surface area (Å²) in [6.45, 7) is 1.77. The van der Waals surface area contributed by atoms with Crippen molar-refractivity contribution in [3.8, 4) is 0 Å². The van der Waals surface area contributed by atoms with E-state index in [1.807, 2.05) is 0 Å². The van der Waals surface area contributed by atoms with Crippen molar-refractivity contribution in [1.29, 1.82) is 0 Å². The normalized spacial score (nSPS) is 26.1. The van der Waals surface area contributed by atoms with Gasteiger partial charge in [0.1, 0.15) is 16.9 Å². The van der Waals surface area contributed by atoms with Gasteiger partial charge < -0.3 is 15.3 Å². The Kier molecular flexibility index (Phi) is 4.60. The first-order chi connectivity index (χ1) is 11.0. The molecule has 1 fully saturated rings. The number of β-lactam (4-membered cyclic amide) rings is 1. The molecule has 122 valence electrons. The molecule has 0 aliphatic carbocycles. The maximum absolute atomic E-state index is 12.1. The average Bonchev–Trinajstić information content (AvgIpc) is 3.03. The summed E-state index contributed by atoms with van der Waals surface area (Å²) in [5, 5.41) is 18.8. The van der Waals surface area contributed by atoms with Gasteiger partial charge in [-0.3, -0.25) is 9.59 Å². The van der Waals surface area contributed by atoms with E-state index in [4.69, 9.17) is 5.11 Å². The van der Waals surface area contributed by atoms with Crippen LogP contribution in [0.2, 0.25) is 0 Å². The van der Waals surface area contributed by atoms with Gasteiger partial charge in [0.05, 0.1) is 11.3 Å². The molecule has 0 saturated carbocycles. The van der Waals surface area contributed by atoms with Crippen LogP contribution in [0.1, 0.15) is 6.92 Å². The third-order valence-corrected chi connectivity index (χ3v) is 6.67. The SMILES string of the molecule is CC1S[C@@H]2C(NC(=O)CSc3nncs3)C(=O)N2C=C1C(=O)O. The van der Waals surface area contributed by atoms with E-state index in [0.29, 0.717) is 4.34 Å². The fourth-order valence-corrected chi connectivity index (χ4v) is 4.90. The molecule has 3 atom stereocenters. The van der Waals surface area contributed by atoms with Gasteiger partial charge in [-0.15, -0.1) is 22.0 Å². The third-order valence-electron chi connectivity index (χ3n) is 3.37. The first-order valence-electron chi connectivity index (χ1n) is 6.58. The molecule has 3 rings (SSSR count). The van der Waals surface area contributed by atoms with Gasteiger partial charge in [-0.1, -0.05) is 23.1 Å². The van der Waals surface area contributed by atoms with E-state index in [1.165, 1.54) is 46.0 Å². The van der Waals surface area contributed by atoms with Crippen molar-refractivity contribution in [3.05, 3.63) is 17.3 Å². The molecule has 0 aromatic carbocycles. The molecule has 23 heavy (non-hydrogen) atoms. The predicted molar refractivity (Wildman–Crippen MR) is 86.0 cm³/mol. The zero-order chi connectivity index (χ0) is 16.6. The minimum Gasteiger partial charge on any atom is -0.478 e. The van der Waals surface area contributed by atoms with Crippen LogP contribution in [0.25, 0.3) is 0 Å². The van der Waals surface area contributed by atoms with Crippen molar-refractivity contribution >= 4 is 52.6 Å². The number of fused-ring (bicyclic) bond motifs is 1. The lowest BCUT2D eigenvalue weighted by Gasteiger charge is -2.48. The first-order valence-corrected chi connectivity index (χ1v) is 9.39. The van der Waals surface area contributed by atoms with E-state index in [2.05, 4.69) is 15.5 Å². The Morgan fingerprint density at radius 1 is 1.52 bits per heavy atom. The number of amides is 2. The van der Waals surface area contributed by atoms with Crippen LogP contribution in [0.3, 0.4) is 0 Å². The number of aliphatic carboxylic acids is 1. The molecule has 2 N–H and O–H groups in total. The van der Waals surface area contributed by atoms with Crippen molar-refractivity contribution in [2.45, 2.75) is 27.9 Å². The van der Waals surface area contributed by atoms with Crippen LogP contribution < -0.4 is 5.32 Å². The van der Waals surface area contributed by atoms with Crippen LogP contribution in [0.4, 0.5) is 0 Å². The summed E-state index contributed by atoms with van der Waals surface area (Å²) in [5.74, 6) is -1.42. The fraction of sp³-hybridized carbons (Fsp3) is 0.417. The zero-order valence-corrected chi connectivity index (χ0v) is 14.3. The number of nitrogens with one attached hydrogen (secondary N) is 1. The molecule has 8 nitrogen and oxygen atoms in total. The van der Waals surface area contributed by atoms with Gasteiger partial charge >= 0.3 is 5.97 Å². The molecule has 1 aromatic rings. The summed E-state index contributed by atoms with van der Waals surface area (Å²) < 4.78 is 0.691. The van der Waals surface area contributed by atoms with E-state index >= 15 is 0 Å². The molecular weight excluding hydrogens is 360 g/mol. The topological polar surface area (TPSA) is 112 Å². The second kappa shape index (κ2) is 6.49. The molecule has 2 aliphatic heterocycles. The van der Waals surface area contributed by atoms with Crippen LogP contribution in [-0.2, 0) is 14.4 Å². The van der Waals surface area contributed by atoms with E-state index in [9.17, 15) is 14.4 Å². The smallest absolute Gasteiger partial charge is 0.334 e. The highest BCUT2D eigenvalue weighted by Gasteiger charge is 2.51. The van der Waals surface area contributed by atoms with Gasteiger partial charge in [0.2, 0.25) is 5.91 Å². The lowest BCUT2D eigenvalue weighted by Crippen LogP contribution is -2.69. The summed E-state index contributed by atoms with van der Waals surface area (Å²) in [4.78, 5) is 36.5. The maximum Gasteiger partial charge on any atom is 0.334 e. The number of hydrogen-bond donors (Lipinski definition) is 2. The van der Waals surface area contributed by atoms with Crippen LogP contribution in [0.5, 0.6) is 0 Å². The Morgan fingerprint density at radius 3 is 2.96 bits per heavy atom. The van der Waals surface area contributed by atoms with Crippen LogP contribution in [-0.4, -0.2) is 60.4 Å². The summed E-state index contributed by atoms with van der Waals surface area (Å²) in [6.07, 6.45) is 1.37. The number of hydrogen-bond acceptors (Lipinski definition) is 8. The highest BCUT2D eigenvalue weighted by molar-refractivity contribution is 8.01. The second-order valence-electron chi connectivity index (χ2n) is 4.84. The molecule has 0 spiro atoms. The Balaban J connectivity index is 1.58. The highest BCUT2D eigenvalue weighted by atomic mass is 32.2. The van der Waals surface area contributed by atoms with Gasteiger partial charge in [-0.05, 0) is 6.92 Å². The largest absolute Gasteiger partial charge is 0.478 e. The quantitative estimate of drug-likeness (QED) is 0.564. The Hall–Kier alpha value is -1.59. The predicted octanol–water partition coefficient (Wildman–Crippen LogP) is 0.387. The van der Waals surface area contributed by atoms with E-state index in [-0.39, 0.29) is 33.8 Å². The molecule has 3 heterocycles. The Bertz CT molecular complexity index is 678. The summed E-state index contributed by atoms with van der Waals surface area (Å²) in [7, 11) is 0. The van der Waals surface area contributed by atoms with Gasteiger partial charge in [-0.2, -0.15) is 0 Å². The van der Waals surface area contributed by atoms with Crippen molar-refractivity contribution < 1.29 is 19.5 Å². The monoisotopic (exact) mass is 372 g/mol. The van der Waals surface area contributed by atoms with Crippen molar-refractivity contribution in [1.82, 2.24) is 20.4 Å². The van der Waals surface area contributed by atoms with E-state index < -0.39 is 12.0 Å². The highest BCUT2D eigenvalue weighted by Crippen LogP contribution is 2.40. The lowest BCUT2D eigenvalue weighted by molar-refractivity contribution is -0.144. The Morgan fingerprint density at radius 2 is 2.30 bits per heavy atom. The summed E-state index contributed by atoms with van der Waals surface area (Å²) in [5.41, 5.74) is 1.77. The molecule has 0 radical (unpaired) electrons. The lowest BCUT2D eigenvalue weighted by atomic mass is 10.1. The zero-order valence-electron chi connectivity index (χ0n) is 11.8. The third kappa shape index (κ3) is 3.21. The standard InChI is InChI=1S/C12H12N4O4S3/c1-5-6(11(19)20)2-16-9(18)8(10(16)23-5)14-7(17)3-21-12-15-13-4-22-12/h2,4-5,8,10H,3H2,1H3,(H,14,17)(H,19,20)/t5?,8?,10-/m1/s1. The van der Waals surface area contributed by atoms with Crippen molar-refractivity contribution in [2.24, 2.45) is 0 Å². The van der Waals surface area contributed by atoms with Gasteiger partial charge in [0, 0.05) is 11.4 Å². The van der Waals surface area contributed by atoms with Crippen LogP contribution >= 0.6 is 34.9 Å². The number of carboxylic acid groups (broad SMARTS) is 1. The molecular formula is C12H12N4O4S3. The number of carbonyl (C=O) groups excluding carboxylic acids is 2. The Labute approximate surface area is 143 Å². The number of rotatable bonds is 5. The molecule has 2 aliphatic rings. The number of carboxylic acids is 1. The minimum atomic E-state index is -1.03. The summed E-state index contributed by atoms with van der Waals surface area (Å²) >= 11 is 3.96. The van der Waals surface area contributed by atoms with Crippen LogP contribution in [0.15, 0.2) is 21.6 Å². The number of thioether (sulfide) groups is 2. The number of aromatic nitrogens is 2.